The van der Waals surface area contributed by atoms with E-state index in [4.69, 9.17) is 2.74 Å². The molecule has 269 valence electrons. The second-order valence-electron chi connectivity index (χ2n) is 14.5. The summed E-state index contributed by atoms with van der Waals surface area (Å²) in [4.78, 5) is 8.93. The number of benzene rings is 6. The molecule has 0 amide bonds. The number of aromatic nitrogens is 2. The van der Waals surface area contributed by atoms with Gasteiger partial charge < -0.3 is 4.98 Å². The maximum atomic E-state index is 15.1. The molecule has 3 heterocycles. The molecule has 0 N–H and O–H groups in total. The van der Waals surface area contributed by atoms with E-state index in [1.807, 2.05) is 55.6 Å². The minimum atomic E-state index is -2.02. The van der Waals surface area contributed by atoms with E-state index in [-0.39, 0.29) is 25.7 Å². The van der Waals surface area contributed by atoms with E-state index in [0.29, 0.717) is 11.3 Å². The number of halogens is 1. The van der Waals surface area contributed by atoms with Gasteiger partial charge in [-0.1, -0.05) is 71.6 Å². The van der Waals surface area contributed by atoms with E-state index in [0.717, 1.165) is 48.8 Å². The Bertz CT molecular complexity index is 2870. The van der Waals surface area contributed by atoms with Crippen molar-refractivity contribution in [1.82, 2.24) is 9.97 Å². The smallest absolute Gasteiger partial charge is 0 e. The Morgan fingerprint density at radius 3 is 2.20 bits per heavy atom. The van der Waals surface area contributed by atoms with Crippen molar-refractivity contribution in [2.24, 2.45) is 0 Å². The molecule has 9 rings (SSSR count). The molecule has 0 saturated heterocycles. The second-order valence-corrected chi connectivity index (χ2v) is 26.2. The van der Waals surface area contributed by atoms with Crippen LogP contribution in [0.5, 0.6) is 0 Å². The van der Waals surface area contributed by atoms with Gasteiger partial charge in [0.05, 0.1) is 6.20 Å². The van der Waals surface area contributed by atoms with Crippen molar-refractivity contribution in [3.8, 4) is 22.5 Å². The summed E-state index contributed by atoms with van der Waals surface area (Å²) in [5.74, 6) is 6.48. The molecule has 0 bridgehead atoms. The van der Waals surface area contributed by atoms with Crippen LogP contribution in [0.15, 0.2) is 134 Å². The largest absolute Gasteiger partial charge is 0 e. The van der Waals surface area contributed by atoms with Gasteiger partial charge in [-0.05, 0) is 86.4 Å². The molecule has 0 fully saturated rings. The van der Waals surface area contributed by atoms with Crippen LogP contribution in [0.25, 0.3) is 64.2 Å². The molecule has 1 radical (unpaired) electrons. The third-order valence-corrected chi connectivity index (χ3v) is 15.1. The maximum Gasteiger partial charge on any atom is 0 e. The van der Waals surface area contributed by atoms with Gasteiger partial charge in [0, 0.05) is 27.5 Å². The maximum absolute atomic E-state index is 15.1. The van der Waals surface area contributed by atoms with Crippen molar-refractivity contribution in [3.05, 3.63) is 174 Å². The number of pyridine rings is 2. The van der Waals surface area contributed by atoms with Crippen molar-refractivity contribution >= 4 is 70.7 Å². The van der Waals surface area contributed by atoms with Crippen LogP contribution in [-0.4, -0.2) is 23.2 Å². The Hall–Kier alpha value is -4.52. The minimum Gasteiger partial charge on any atom is 0 e. The van der Waals surface area contributed by atoms with Crippen LogP contribution in [0.4, 0.5) is 4.39 Å². The average molecular weight is 962 g/mol. The molecule has 9 aromatic rings. The van der Waals surface area contributed by atoms with Gasteiger partial charge >= 0.3 is 99.8 Å². The van der Waals surface area contributed by atoms with E-state index in [2.05, 4.69) is 107 Å². The number of aryl methyl sites for hydroxylation is 2. The Morgan fingerprint density at radius 2 is 1.44 bits per heavy atom. The number of hydrogen-bond donors (Lipinski definition) is 0. The Morgan fingerprint density at radius 1 is 0.685 bits per heavy atom. The van der Waals surface area contributed by atoms with Gasteiger partial charge in [0.25, 0.3) is 0 Å². The van der Waals surface area contributed by atoms with Crippen molar-refractivity contribution in [2.75, 3.05) is 0 Å². The van der Waals surface area contributed by atoms with Gasteiger partial charge in [0.2, 0.25) is 0 Å². The Kier molecular flexibility index (Phi) is 10.2. The first-order valence-corrected chi connectivity index (χ1v) is 25.9. The zero-order chi connectivity index (χ0) is 38.5. The summed E-state index contributed by atoms with van der Waals surface area (Å²) in [6.07, 6.45) is 1.15. The SMILES string of the molecule is [2H]C([2H])(c1ccccc1C)c1cc(-c2[c-]ccc3c2sc2cc4c(ccc5ccc(C)cc54)cc23)ncc1F.[CH3][Ge]([CH3])([CH3])[c]1ccc(-c2[c-]cccc2)nc1.[Ir]. The fourth-order valence-corrected chi connectivity index (χ4v) is 10.1. The van der Waals surface area contributed by atoms with E-state index < -0.39 is 25.5 Å². The molecular formula is C48H39FGeIrN2S-2. The summed E-state index contributed by atoms with van der Waals surface area (Å²) in [6.45, 7) is 3.96. The fraction of sp³-hybridized carbons (Fsp3) is 0.125. The number of thiophene rings is 1. The Labute approximate surface area is 339 Å². The van der Waals surface area contributed by atoms with Crippen LogP contribution in [0.2, 0.25) is 17.3 Å². The van der Waals surface area contributed by atoms with Crippen LogP contribution in [0.1, 0.15) is 25.0 Å². The summed E-state index contributed by atoms with van der Waals surface area (Å²) >= 11 is -0.0475. The molecule has 54 heavy (non-hydrogen) atoms. The van der Waals surface area contributed by atoms with Gasteiger partial charge in [-0.25, -0.2) is 4.39 Å². The van der Waals surface area contributed by atoms with E-state index in [1.165, 1.54) is 31.5 Å². The molecule has 0 atom stereocenters. The van der Waals surface area contributed by atoms with Crippen molar-refractivity contribution in [3.63, 3.8) is 0 Å². The molecule has 0 unspecified atom stereocenters. The predicted molar refractivity (Wildman–Crippen MR) is 227 cm³/mol. The van der Waals surface area contributed by atoms with Crippen LogP contribution in [-0.2, 0) is 26.5 Å². The van der Waals surface area contributed by atoms with E-state index >= 15 is 4.39 Å². The van der Waals surface area contributed by atoms with E-state index in [9.17, 15) is 0 Å². The predicted octanol–water partition coefficient (Wildman–Crippen LogP) is 12.7. The number of nitrogens with zero attached hydrogens (tertiary/aromatic N) is 2. The van der Waals surface area contributed by atoms with Crippen molar-refractivity contribution in [2.45, 2.75) is 37.5 Å². The summed E-state index contributed by atoms with van der Waals surface area (Å²) in [5, 5.41) is 7.10. The fourth-order valence-electron chi connectivity index (χ4n) is 6.67. The average Bonchev–Trinajstić information content (AvgIpc) is 3.55. The summed E-state index contributed by atoms with van der Waals surface area (Å²) < 4.78 is 36.4. The molecular weight excluding hydrogens is 920 g/mol. The molecule has 0 aliphatic carbocycles. The Balaban J connectivity index is 0.000000238. The summed E-state index contributed by atoms with van der Waals surface area (Å²) in [7, 11) is 0. The van der Waals surface area contributed by atoms with Crippen LogP contribution in [0.3, 0.4) is 0 Å². The van der Waals surface area contributed by atoms with Crippen LogP contribution < -0.4 is 4.40 Å². The molecule has 6 aromatic carbocycles. The molecule has 0 saturated carbocycles. The first-order valence-electron chi connectivity index (χ1n) is 18.7. The third kappa shape index (κ3) is 7.69. The van der Waals surface area contributed by atoms with E-state index in [1.54, 1.807) is 29.5 Å². The zero-order valence-electron chi connectivity index (χ0n) is 32.7. The van der Waals surface area contributed by atoms with Gasteiger partial charge in [-0.2, -0.15) is 11.3 Å². The molecule has 0 spiro atoms. The molecule has 3 aromatic heterocycles. The van der Waals surface area contributed by atoms with Crippen molar-refractivity contribution in [1.29, 1.82) is 0 Å². The monoisotopic (exact) mass is 963 g/mol. The number of rotatable bonds is 5. The summed E-state index contributed by atoms with van der Waals surface area (Å²) in [5.41, 5.74) is 5.75. The first kappa shape index (κ1) is 35.2. The zero-order valence-corrected chi connectivity index (χ0v) is 36.0. The van der Waals surface area contributed by atoms with Gasteiger partial charge in [0.15, 0.2) is 0 Å². The third-order valence-electron chi connectivity index (χ3n) is 9.69. The van der Waals surface area contributed by atoms with Crippen LogP contribution >= 0.6 is 11.3 Å². The second kappa shape index (κ2) is 15.7. The molecule has 0 aliphatic rings. The first-order chi connectivity index (χ1) is 26.4. The molecule has 2 nitrogen and oxygen atoms in total. The topological polar surface area (TPSA) is 25.8 Å². The van der Waals surface area contributed by atoms with Gasteiger partial charge in [0.1, 0.15) is 5.82 Å². The normalized spacial score (nSPS) is 12.3. The number of hydrogen-bond acceptors (Lipinski definition) is 3. The van der Waals surface area contributed by atoms with Gasteiger partial charge in [-0.3, -0.25) is 0 Å². The molecule has 0 aliphatic heterocycles. The quantitative estimate of drug-likeness (QED) is 0.0976. The van der Waals surface area contributed by atoms with Crippen molar-refractivity contribution < 1.29 is 27.2 Å². The number of fused-ring (bicyclic) bond motifs is 6. The molecule has 6 heteroatoms. The minimum absolute atomic E-state index is 0. The van der Waals surface area contributed by atoms with Crippen LogP contribution in [0, 0.1) is 31.8 Å². The van der Waals surface area contributed by atoms with Gasteiger partial charge in [-0.15, -0.1) is 23.8 Å². The summed E-state index contributed by atoms with van der Waals surface area (Å²) in [6, 6.07) is 46.9. The standard InChI is InChI=1S/C34H23FNS.C14H16GeN.Ir/c1-20-10-11-22-12-13-24-16-30-26-8-5-9-27(34(26)37-33(30)18-29(24)28(22)14-20)32-17-25(31(35)19-36-32)15-23-7-4-3-6-21(23)2;1-15(2,3)13-9-10-14(16-11-13)12-7-5-4-6-8-12;/h3-8,10-14,16-19H,15H2,1-2H3;4-7,9-11H,1-3H3;/q2*-1;/i15D2;;.